The lowest BCUT2D eigenvalue weighted by Gasteiger charge is -2.12. The molecule has 0 spiro atoms. The third-order valence-electron chi connectivity index (χ3n) is 4.73. The minimum absolute atomic E-state index is 0.0261. The molecule has 3 aromatic carbocycles. The van der Waals surface area contributed by atoms with E-state index in [0.29, 0.717) is 22.4 Å². The Morgan fingerprint density at radius 1 is 1.03 bits per heavy atom. The number of nitro benzene ring substituents is 1. The van der Waals surface area contributed by atoms with E-state index in [1.165, 1.54) is 12.1 Å². The summed E-state index contributed by atoms with van der Waals surface area (Å²) in [5.41, 5.74) is 2.95. The summed E-state index contributed by atoms with van der Waals surface area (Å²) >= 11 is 3.49. The smallest absolute Gasteiger partial charge is 0.268 e. The second-order valence-corrected chi connectivity index (χ2v) is 7.60. The van der Waals surface area contributed by atoms with Crippen molar-refractivity contribution in [2.24, 2.45) is 0 Å². The first kappa shape index (κ1) is 19.7. The van der Waals surface area contributed by atoms with Crippen LogP contribution in [0, 0.1) is 17.0 Å². The maximum Gasteiger partial charge on any atom is 0.269 e. The molecule has 0 radical (unpaired) electrons. The Balaban J connectivity index is 1.88. The first-order valence-electron chi connectivity index (χ1n) is 9.15. The average molecular weight is 462 g/mol. The van der Waals surface area contributed by atoms with Crippen LogP contribution in [0.15, 0.2) is 76.0 Å². The number of aromatic nitrogens is 2. The Labute approximate surface area is 180 Å². The van der Waals surface area contributed by atoms with Crippen molar-refractivity contribution in [1.29, 1.82) is 0 Å². The Bertz CT molecular complexity index is 1360. The van der Waals surface area contributed by atoms with E-state index in [1.807, 2.05) is 37.3 Å². The number of halogens is 1. The second kappa shape index (κ2) is 8.04. The van der Waals surface area contributed by atoms with Crippen LogP contribution in [0.1, 0.15) is 17.0 Å². The average Bonchev–Trinajstić information content (AvgIpc) is 2.75. The summed E-state index contributed by atoms with van der Waals surface area (Å²) in [4.78, 5) is 28.4. The van der Waals surface area contributed by atoms with Crippen molar-refractivity contribution in [3.05, 3.63) is 109 Å². The van der Waals surface area contributed by atoms with Crippen LogP contribution in [0.2, 0.25) is 0 Å². The number of non-ortho nitro benzene ring substituents is 1. The van der Waals surface area contributed by atoms with Crippen molar-refractivity contribution < 1.29 is 4.92 Å². The van der Waals surface area contributed by atoms with Gasteiger partial charge in [0.25, 0.3) is 11.2 Å². The van der Waals surface area contributed by atoms with E-state index in [0.717, 1.165) is 15.6 Å². The third kappa shape index (κ3) is 3.79. The van der Waals surface area contributed by atoms with E-state index in [1.54, 1.807) is 41.0 Å². The molecule has 0 fully saturated rings. The van der Waals surface area contributed by atoms with E-state index < -0.39 is 4.92 Å². The number of para-hydroxylation sites is 1. The Kier molecular flexibility index (Phi) is 5.29. The van der Waals surface area contributed by atoms with E-state index in [4.69, 9.17) is 0 Å². The molecule has 4 aromatic rings. The van der Waals surface area contributed by atoms with E-state index >= 15 is 0 Å². The lowest BCUT2D eigenvalue weighted by molar-refractivity contribution is -0.384. The van der Waals surface area contributed by atoms with Crippen LogP contribution >= 0.6 is 15.9 Å². The largest absolute Gasteiger partial charge is 0.269 e. The first-order chi connectivity index (χ1) is 14.4. The summed E-state index contributed by atoms with van der Waals surface area (Å²) in [5.74, 6) is 0.471. The predicted octanol–water partition coefficient (Wildman–Crippen LogP) is 5.54. The SMILES string of the molecule is Cc1cc(-n2c(C=Cc3ccc([N+](=O)[O-])cc3)nc3ccccc3c2=O)ccc1Br. The van der Waals surface area contributed by atoms with E-state index in [-0.39, 0.29) is 11.2 Å². The lowest BCUT2D eigenvalue weighted by Crippen LogP contribution is -2.22. The quantitative estimate of drug-likeness (QED) is 0.295. The zero-order valence-electron chi connectivity index (χ0n) is 15.9. The van der Waals surface area contributed by atoms with Gasteiger partial charge in [0.05, 0.1) is 21.5 Å². The molecule has 0 atom stereocenters. The van der Waals surface area contributed by atoms with Gasteiger partial charge in [-0.25, -0.2) is 4.98 Å². The highest BCUT2D eigenvalue weighted by Gasteiger charge is 2.12. The number of aryl methyl sites for hydroxylation is 1. The zero-order valence-corrected chi connectivity index (χ0v) is 17.5. The zero-order chi connectivity index (χ0) is 21.3. The fourth-order valence-corrected chi connectivity index (χ4v) is 3.40. The molecule has 0 amide bonds. The Hall–Kier alpha value is -3.58. The van der Waals surface area contributed by atoms with Crippen LogP contribution in [0.5, 0.6) is 0 Å². The molecular weight excluding hydrogens is 446 g/mol. The standard InChI is InChI=1S/C23H16BrN3O3/c1-15-14-18(11-12-20(15)24)26-22(25-21-5-3-2-4-19(21)23(26)28)13-8-16-6-9-17(10-7-16)27(29)30/h2-14H,1H3. The highest BCUT2D eigenvalue weighted by atomic mass is 79.9. The fourth-order valence-electron chi connectivity index (χ4n) is 3.16. The van der Waals surface area contributed by atoms with Gasteiger partial charge in [0.15, 0.2) is 0 Å². The van der Waals surface area contributed by atoms with Crippen LogP contribution in [-0.4, -0.2) is 14.5 Å². The lowest BCUT2D eigenvalue weighted by atomic mass is 10.1. The van der Waals surface area contributed by atoms with Gasteiger partial charge in [0.1, 0.15) is 5.82 Å². The van der Waals surface area contributed by atoms with Crippen molar-refractivity contribution in [3.8, 4) is 5.69 Å². The van der Waals surface area contributed by atoms with E-state index in [2.05, 4.69) is 20.9 Å². The van der Waals surface area contributed by atoms with Crippen LogP contribution in [-0.2, 0) is 0 Å². The maximum atomic E-state index is 13.3. The molecule has 6 nitrogen and oxygen atoms in total. The molecule has 0 saturated carbocycles. The van der Waals surface area contributed by atoms with Gasteiger partial charge >= 0.3 is 0 Å². The molecule has 1 aromatic heterocycles. The molecule has 0 N–H and O–H groups in total. The summed E-state index contributed by atoms with van der Waals surface area (Å²) < 4.78 is 2.53. The summed E-state index contributed by atoms with van der Waals surface area (Å²) in [6.07, 6.45) is 3.52. The van der Waals surface area contributed by atoms with Crippen LogP contribution < -0.4 is 5.56 Å². The van der Waals surface area contributed by atoms with Crippen molar-refractivity contribution in [1.82, 2.24) is 9.55 Å². The maximum absolute atomic E-state index is 13.3. The number of nitrogens with zero attached hydrogens (tertiary/aromatic N) is 3. The number of hydrogen-bond acceptors (Lipinski definition) is 4. The number of rotatable bonds is 4. The summed E-state index contributed by atoms with van der Waals surface area (Å²) in [7, 11) is 0. The number of fused-ring (bicyclic) bond motifs is 1. The molecule has 0 unspecified atom stereocenters. The van der Waals surface area contributed by atoms with Gasteiger partial charge in [-0.3, -0.25) is 19.5 Å². The molecular formula is C23H16BrN3O3. The molecule has 1 heterocycles. The van der Waals surface area contributed by atoms with E-state index in [9.17, 15) is 14.9 Å². The Morgan fingerprint density at radius 3 is 2.47 bits per heavy atom. The number of benzene rings is 3. The van der Waals surface area contributed by atoms with Crippen molar-refractivity contribution in [2.45, 2.75) is 6.92 Å². The topological polar surface area (TPSA) is 78.0 Å². The summed E-state index contributed by atoms with van der Waals surface area (Å²) in [5, 5.41) is 11.4. The molecule has 0 aliphatic rings. The van der Waals surface area contributed by atoms with Gasteiger partial charge in [-0.2, -0.15) is 0 Å². The molecule has 0 saturated heterocycles. The van der Waals surface area contributed by atoms with Gasteiger partial charge in [0, 0.05) is 16.6 Å². The van der Waals surface area contributed by atoms with Gasteiger partial charge in [-0.15, -0.1) is 0 Å². The van der Waals surface area contributed by atoms with Gasteiger partial charge in [0.2, 0.25) is 0 Å². The molecule has 7 heteroatoms. The summed E-state index contributed by atoms with van der Waals surface area (Å²) in [6, 6.07) is 19.1. The van der Waals surface area contributed by atoms with Crippen molar-refractivity contribution >= 4 is 44.7 Å². The van der Waals surface area contributed by atoms with Crippen LogP contribution in [0.4, 0.5) is 5.69 Å². The number of nitro groups is 1. The third-order valence-corrected chi connectivity index (χ3v) is 5.62. The minimum atomic E-state index is -0.439. The monoisotopic (exact) mass is 461 g/mol. The first-order valence-corrected chi connectivity index (χ1v) is 9.94. The van der Waals surface area contributed by atoms with Crippen LogP contribution in [0.3, 0.4) is 0 Å². The minimum Gasteiger partial charge on any atom is -0.268 e. The Morgan fingerprint density at radius 2 is 1.77 bits per heavy atom. The summed E-state index contributed by atoms with van der Waals surface area (Å²) in [6.45, 7) is 1.96. The molecule has 148 valence electrons. The van der Waals surface area contributed by atoms with Gasteiger partial charge < -0.3 is 0 Å². The molecule has 0 bridgehead atoms. The number of hydrogen-bond donors (Lipinski definition) is 0. The highest BCUT2D eigenvalue weighted by Crippen LogP contribution is 2.21. The molecule has 30 heavy (non-hydrogen) atoms. The normalized spacial score (nSPS) is 11.3. The second-order valence-electron chi connectivity index (χ2n) is 6.74. The fraction of sp³-hybridized carbons (Fsp3) is 0.0435. The molecule has 0 aliphatic carbocycles. The van der Waals surface area contributed by atoms with Gasteiger partial charge in [-0.1, -0.05) is 34.1 Å². The highest BCUT2D eigenvalue weighted by molar-refractivity contribution is 9.10. The predicted molar refractivity (Wildman–Crippen MR) is 122 cm³/mol. The molecule has 0 aliphatic heterocycles. The van der Waals surface area contributed by atoms with Gasteiger partial charge in [-0.05, 0) is 66.6 Å². The van der Waals surface area contributed by atoms with Crippen molar-refractivity contribution in [3.63, 3.8) is 0 Å². The van der Waals surface area contributed by atoms with Crippen LogP contribution in [0.25, 0.3) is 28.7 Å². The van der Waals surface area contributed by atoms with Crippen molar-refractivity contribution in [2.75, 3.05) is 0 Å². The molecule has 4 rings (SSSR count).